The van der Waals surface area contributed by atoms with Gasteiger partial charge in [-0.3, -0.25) is 0 Å². The molecule has 0 bridgehead atoms. The maximum atomic E-state index is 5.77. The number of nitrogens with two attached hydrogens (primary N) is 2. The van der Waals surface area contributed by atoms with Crippen LogP contribution in [-0.4, -0.2) is 37.8 Å². The molecule has 4 nitrogen and oxygen atoms in total. The van der Waals surface area contributed by atoms with E-state index in [0.717, 1.165) is 32.0 Å². The van der Waals surface area contributed by atoms with Crippen LogP contribution in [-0.2, 0) is 0 Å². The van der Waals surface area contributed by atoms with Gasteiger partial charge in [0.25, 0.3) is 0 Å². The van der Waals surface area contributed by atoms with E-state index in [4.69, 9.17) is 11.5 Å². The fraction of sp³-hybridized carbons (Fsp3) is 1.00. The van der Waals surface area contributed by atoms with Gasteiger partial charge in [-0.25, -0.2) is 0 Å². The van der Waals surface area contributed by atoms with Crippen molar-refractivity contribution in [1.82, 2.24) is 10.6 Å². The number of hydrogen-bond acceptors (Lipinski definition) is 4. The average molecular weight is 287 g/mol. The average Bonchev–Trinajstić information content (AvgIpc) is 2.37. The molecule has 4 unspecified atom stereocenters. The van der Waals surface area contributed by atoms with Gasteiger partial charge in [0.05, 0.1) is 0 Å². The molecule has 0 aromatic carbocycles. The molecule has 0 aromatic rings. The van der Waals surface area contributed by atoms with Crippen molar-refractivity contribution < 1.29 is 0 Å². The highest BCUT2D eigenvalue weighted by Gasteiger charge is 2.04. The van der Waals surface area contributed by atoms with Gasteiger partial charge in [0.15, 0.2) is 0 Å². The predicted molar refractivity (Wildman–Crippen MR) is 89.9 cm³/mol. The van der Waals surface area contributed by atoms with Crippen molar-refractivity contribution in [2.45, 2.75) is 77.9 Å². The smallest absolute Gasteiger partial charge is 0.0136 e. The Labute approximate surface area is 126 Å². The molecule has 0 heterocycles. The van der Waals surface area contributed by atoms with Crippen LogP contribution in [0.2, 0.25) is 0 Å². The van der Waals surface area contributed by atoms with Crippen molar-refractivity contribution in [2.75, 3.05) is 19.6 Å². The molecule has 4 atom stereocenters. The minimum absolute atomic E-state index is 0.247. The van der Waals surface area contributed by atoms with Crippen molar-refractivity contribution >= 4 is 0 Å². The summed E-state index contributed by atoms with van der Waals surface area (Å²) in [4.78, 5) is 0. The third-order valence-electron chi connectivity index (χ3n) is 3.64. The Hall–Kier alpha value is -0.160. The predicted octanol–water partition coefficient (Wildman–Crippen LogP) is 1.84. The van der Waals surface area contributed by atoms with Crippen molar-refractivity contribution in [1.29, 1.82) is 0 Å². The molecule has 0 saturated heterocycles. The van der Waals surface area contributed by atoms with Gasteiger partial charge in [0.2, 0.25) is 0 Å². The van der Waals surface area contributed by atoms with E-state index < -0.39 is 0 Å². The summed E-state index contributed by atoms with van der Waals surface area (Å²) in [6.07, 6.45) is 6.11. The van der Waals surface area contributed by atoms with E-state index in [1.165, 1.54) is 25.7 Å². The van der Waals surface area contributed by atoms with Gasteiger partial charge in [0, 0.05) is 24.7 Å². The second-order valence-corrected chi connectivity index (χ2v) is 6.65. The summed E-state index contributed by atoms with van der Waals surface area (Å²) < 4.78 is 0. The van der Waals surface area contributed by atoms with Gasteiger partial charge in [-0.2, -0.15) is 0 Å². The molecule has 20 heavy (non-hydrogen) atoms. The second-order valence-electron chi connectivity index (χ2n) is 6.65. The van der Waals surface area contributed by atoms with Crippen LogP contribution in [0.3, 0.4) is 0 Å². The molecule has 0 aliphatic carbocycles. The van der Waals surface area contributed by atoms with Gasteiger partial charge in [-0.05, 0) is 65.5 Å². The van der Waals surface area contributed by atoms with E-state index in [0.29, 0.717) is 12.1 Å². The summed E-state index contributed by atoms with van der Waals surface area (Å²) in [7, 11) is 0. The summed E-state index contributed by atoms with van der Waals surface area (Å²) in [5.41, 5.74) is 11.5. The Morgan fingerprint density at radius 3 is 2.10 bits per heavy atom. The molecule has 0 aliphatic heterocycles. The molecule has 0 fully saturated rings. The molecule has 0 amide bonds. The largest absolute Gasteiger partial charge is 0.328 e. The van der Waals surface area contributed by atoms with Gasteiger partial charge < -0.3 is 22.1 Å². The number of nitrogens with one attached hydrogen (secondary N) is 2. The molecule has 0 radical (unpaired) electrons. The third kappa shape index (κ3) is 14.3. The highest BCUT2D eigenvalue weighted by atomic mass is 14.9. The normalized spacial score (nSPS) is 17.7. The van der Waals surface area contributed by atoms with Crippen molar-refractivity contribution in [3.8, 4) is 0 Å². The van der Waals surface area contributed by atoms with Crippen LogP contribution in [0, 0.1) is 5.92 Å². The first-order valence-electron chi connectivity index (χ1n) is 8.37. The van der Waals surface area contributed by atoms with Crippen LogP contribution in [0.15, 0.2) is 0 Å². The van der Waals surface area contributed by atoms with E-state index in [1.54, 1.807) is 0 Å². The topological polar surface area (TPSA) is 76.1 Å². The first-order valence-corrected chi connectivity index (χ1v) is 8.37. The lowest BCUT2D eigenvalue weighted by Gasteiger charge is -2.16. The van der Waals surface area contributed by atoms with Crippen LogP contribution in [0.5, 0.6) is 0 Å². The van der Waals surface area contributed by atoms with E-state index in [2.05, 4.69) is 31.4 Å². The summed E-state index contributed by atoms with van der Waals surface area (Å²) in [6.45, 7) is 11.8. The minimum Gasteiger partial charge on any atom is -0.328 e. The van der Waals surface area contributed by atoms with Crippen LogP contribution < -0.4 is 22.1 Å². The van der Waals surface area contributed by atoms with Gasteiger partial charge in [-0.15, -0.1) is 0 Å². The van der Waals surface area contributed by atoms with Gasteiger partial charge in [0.1, 0.15) is 0 Å². The lowest BCUT2D eigenvalue weighted by Crippen LogP contribution is -2.36. The van der Waals surface area contributed by atoms with Gasteiger partial charge in [-0.1, -0.05) is 13.3 Å². The molecule has 0 spiro atoms. The summed E-state index contributed by atoms with van der Waals surface area (Å²) in [5, 5.41) is 7.01. The zero-order chi connectivity index (χ0) is 15.4. The maximum absolute atomic E-state index is 5.77. The van der Waals surface area contributed by atoms with E-state index in [-0.39, 0.29) is 6.04 Å². The lowest BCUT2D eigenvalue weighted by atomic mass is 10.0. The molecule has 0 aromatic heterocycles. The van der Waals surface area contributed by atoms with Crippen molar-refractivity contribution in [3.05, 3.63) is 0 Å². The monoisotopic (exact) mass is 286 g/mol. The second kappa shape index (κ2) is 12.6. The number of hydrogen-bond donors (Lipinski definition) is 4. The first-order chi connectivity index (χ1) is 9.41. The molecule has 4 heteroatoms. The standard InChI is InChI=1S/C16H38N4/c1-13(8-9-14(2)17)11-19-10-6-5-7-16(4)20-12-15(3)18/h13-16,19-20H,5-12,17-18H2,1-4H3. The van der Waals surface area contributed by atoms with E-state index in [9.17, 15) is 0 Å². The molecule has 122 valence electrons. The molecule has 0 aliphatic rings. The van der Waals surface area contributed by atoms with E-state index >= 15 is 0 Å². The third-order valence-corrected chi connectivity index (χ3v) is 3.64. The molecular formula is C16H38N4. The molecule has 0 saturated carbocycles. The number of rotatable bonds is 13. The lowest BCUT2D eigenvalue weighted by molar-refractivity contribution is 0.434. The first kappa shape index (κ1) is 19.8. The maximum Gasteiger partial charge on any atom is 0.0136 e. The van der Waals surface area contributed by atoms with Gasteiger partial charge >= 0.3 is 0 Å². The Morgan fingerprint density at radius 2 is 1.50 bits per heavy atom. The van der Waals surface area contributed by atoms with Crippen LogP contribution in [0.25, 0.3) is 0 Å². The molecule has 6 N–H and O–H groups in total. The summed E-state index contributed by atoms with van der Waals surface area (Å²) in [6, 6.07) is 1.16. The fourth-order valence-corrected chi connectivity index (χ4v) is 2.19. The zero-order valence-electron chi connectivity index (χ0n) is 14.1. The fourth-order valence-electron chi connectivity index (χ4n) is 2.19. The summed E-state index contributed by atoms with van der Waals surface area (Å²) >= 11 is 0. The Kier molecular flexibility index (Phi) is 12.5. The molecular weight excluding hydrogens is 248 g/mol. The van der Waals surface area contributed by atoms with Crippen molar-refractivity contribution in [2.24, 2.45) is 17.4 Å². The highest BCUT2D eigenvalue weighted by Crippen LogP contribution is 2.06. The highest BCUT2D eigenvalue weighted by molar-refractivity contribution is 4.66. The van der Waals surface area contributed by atoms with Crippen LogP contribution >= 0.6 is 0 Å². The van der Waals surface area contributed by atoms with E-state index in [1.807, 2.05) is 6.92 Å². The van der Waals surface area contributed by atoms with Crippen molar-refractivity contribution in [3.63, 3.8) is 0 Å². The Bertz CT molecular complexity index is 185. The Morgan fingerprint density at radius 1 is 0.800 bits per heavy atom. The zero-order valence-corrected chi connectivity index (χ0v) is 14.1. The SMILES string of the molecule is CC(N)CCC(C)CNCCCCC(C)NCC(C)N. The quantitative estimate of drug-likeness (QED) is 0.390. The van der Waals surface area contributed by atoms with Crippen LogP contribution in [0.1, 0.15) is 59.8 Å². The molecule has 0 rings (SSSR count). The minimum atomic E-state index is 0.247. The van der Waals surface area contributed by atoms with Crippen LogP contribution in [0.4, 0.5) is 0 Å². The Balaban J connectivity index is 3.31. The number of unbranched alkanes of at least 4 members (excludes halogenated alkanes) is 1. The summed E-state index contributed by atoms with van der Waals surface area (Å²) in [5.74, 6) is 0.729.